The Bertz CT molecular complexity index is 403. The summed E-state index contributed by atoms with van der Waals surface area (Å²) in [5.41, 5.74) is 0.284. The number of hydrogen-bond acceptors (Lipinski definition) is 2. The molecule has 0 aromatic heterocycles. The summed E-state index contributed by atoms with van der Waals surface area (Å²) in [5, 5.41) is 3.07. The summed E-state index contributed by atoms with van der Waals surface area (Å²) in [6.07, 6.45) is -4.26. The molecule has 1 fully saturated rings. The third-order valence-corrected chi connectivity index (χ3v) is 3.75. The normalized spacial score (nSPS) is 19.8. The molecule has 1 atom stereocenters. The lowest BCUT2D eigenvalue weighted by molar-refractivity contribution is -0.188. The van der Waals surface area contributed by atoms with Gasteiger partial charge in [-0.3, -0.25) is 4.90 Å². The van der Waals surface area contributed by atoms with Crippen LogP contribution >= 0.6 is 15.9 Å². The Kier molecular flexibility index (Phi) is 4.29. The van der Waals surface area contributed by atoms with E-state index in [9.17, 15) is 13.2 Å². The average Bonchev–Trinajstić information content (AvgIpc) is 2.32. The Hall–Kier alpha value is -0.590. The molecule has 0 aliphatic carbocycles. The zero-order chi connectivity index (χ0) is 13.2. The topological polar surface area (TPSA) is 15.3 Å². The molecule has 0 spiro atoms. The fraction of sp³-hybridized carbons (Fsp3) is 0.500. The van der Waals surface area contributed by atoms with Crippen molar-refractivity contribution in [1.82, 2.24) is 10.2 Å². The number of benzene rings is 1. The van der Waals surface area contributed by atoms with Crippen LogP contribution in [-0.2, 0) is 0 Å². The van der Waals surface area contributed by atoms with E-state index in [1.807, 2.05) is 0 Å². The molecule has 100 valence electrons. The van der Waals surface area contributed by atoms with E-state index in [2.05, 4.69) is 21.2 Å². The summed E-state index contributed by atoms with van der Waals surface area (Å²) in [6, 6.07) is 5.01. The molecule has 0 bridgehead atoms. The maximum atomic E-state index is 13.3. The SMILES string of the molecule is FC(F)(F)[C@@H](c1ccccc1Br)N1CCNCC1. The van der Waals surface area contributed by atoms with Gasteiger partial charge in [0.05, 0.1) is 0 Å². The molecule has 1 heterocycles. The fourth-order valence-electron chi connectivity index (χ4n) is 2.22. The molecule has 18 heavy (non-hydrogen) atoms. The molecule has 0 saturated carbocycles. The van der Waals surface area contributed by atoms with Crippen molar-refractivity contribution in [2.45, 2.75) is 12.2 Å². The number of piperazine rings is 1. The van der Waals surface area contributed by atoms with E-state index in [1.165, 1.54) is 11.0 Å². The van der Waals surface area contributed by atoms with Crippen LogP contribution in [0, 0.1) is 0 Å². The predicted molar refractivity (Wildman–Crippen MR) is 67.4 cm³/mol. The second kappa shape index (κ2) is 5.59. The highest BCUT2D eigenvalue weighted by Gasteiger charge is 2.45. The maximum absolute atomic E-state index is 13.3. The molecule has 1 aromatic carbocycles. The van der Waals surface area contributed by atoms with Crippen LogP contribution in [0.1, 0.15) is 11.6 Å². The molecule has 1 aliphatic heterocycles. The van der Waals surface area contributed by atoms with E-state index < -0.39 is 12.2 Å². The molecule has 0 radical (unpaired) electrons. The van der Waals surface area contributed by atoms with E-state index in [1.54, 1.807) is 18.2 Å². The van der Waals surface area contributed by atoms with Crippen LogP contribution in [0.5, 0.6) is 0 Å². The van der Waals surface area contributed by atoms with Crippen LogP contribution in [-0.4, -0.2) is 37.3 Å². The van der Waals surface area contributed by atoms with Crippen molar-refractivity contribution < 1.29 is 13.2 Å². The summed E-state index contributed by atoms with van der Waals surface area (Å²) in [6.45, 7) is 2.01. The van der Waals surface area contributed by atoms with Gasteiger partial charge in [0.15, 0.2) is 0 Å². The monoisotopic (exact) mass is 322 g/mol. The Morgan fingerprint density at radius 3 is 2.33 bits per heavy atom. The lowest BCUT2D eigenvalue weighted by Crippen LogP contribution is -2.49. The zero-order valence-electron chi connectivity index (χ0n) is 9.67. The number of nitrogens with zero attached hydrogens (tertiary/aromatic N) is 1. The molecule has 1 aromatic rings. The van der Waals surface area contributed by atoms with Gasteiger partial charge in [-0.25, -0.2) is 0 Å². The van der Waals surface area contributed by atoms with Crippen molar-refractivity contribution in [3.63, 3.8) is 0 Å². The van der Waals surface area contributed by atoms with E-state index >= 15 is 0 Å². The Morgan fingerprint density at radius 1 is 1.17 bits per heavy atom. The lowest BCUT2D eigenvalue weighted by Gasteiger charge is -2.36. The molecule has 1 N–H and O–H groups in total. The van der Waals surface area contributed by atoms with Gasteiger partial charge in [-0.2, -0.15) is 13.2 Å². The Balaban J connectivity index is 2.34. The van der Waals surface area contributed by atoms with Gasteiger partial charge in [-0.15, -0.1) is 0 Å². The summed E-state index contributed by atoms with van der Waals surface area (Å²) >= 11 is 3.21. The molecule has 2 nitrogen and oxygen atoms in total. The minimum absolute atomic E-state index is 0.284. The minimum Gasteiger partial charge on any atom is -0.314 e. The molecule has 6 heteroatoms. The molecule has 0 unspecified atom stereocenters. The highest BCUT2D eigenvalue weighted by Crippen LogP contribution is 2.40. The van der Waals surface area contributed by atoms with Crippen molar-refractivity contribution in [2.75, 3.05) is 26.2 Å². The Labute approximate surface area is 112 Å². The van der Waals surface area contributed by atoms with Gasteiger partial charge in [0.2, 0.25) is 0 Å². The molecule has 1 aliphatic rings. The zero-order valence-corrected chi connectivity index (χ0v) is 11.3. The smallest absolute Gasteiger partial charge is 0.314 e. The molecule has 0 amide bonds. The fourth-order valence-corrected chi connectivity index (χ4v) is 2.72. The molecular weight excluding hydrogens is 309 g/mol. The van der Waals surface area contributed by atoms with E-state index in [-0.39, 0.29) is 5.56 Å². The second-order valence-corrected chi connectivity index (χ2v) is 5.11. The van der Waals surface area contributed by atoms with Crippen LogP contribution in [0.2, 0.25) is 0 Å². The van der Waals surface area contributed by atoms with E-state index in [0.29, 0.717) is 30.7 Å². The van der Waals surface area contributed by atoms with Gasteiger partial charge < -0.3 is 5.32 Å². The first-order valence-electron chi connectivity index (χ1n) is 5.76. The highest BCUT2D eigenvalue weighted by atomic mass is 79.9. The number of alkyl halides is 3. The quantitative estimate of drug-likeness (QED) is 0.900. The van der Waals surface area contributed by atoms with Crippen LogP contribution < -0.4 is 5.32 Å². The largest absolute Gasteiger partial charge is 0.408 e. The molecule has 2 rings (SSSR count). The minimum atomic E-state index is -4.26. The summed E-state index contributed by atoms with van der Waals surface area (Å²) in [5.74, 6) is 0. The number of halogens is 4. The lowest BCUT2D eigenvalue weighted by atomic mass is 10.0. The Morgan fingerprint density at radius 2 is 1.78 bits per heavy atom. The number of nitrogens with one attached hydrogen (secondary N) is 1. The van der Waals surface area contributed by atoms with E-state index in [4.69, 9.17) is 0 Å². The van der Waals surface area contributed by atoms with Gasteiger partial charge in [0, 0.05) is 30.7 Å². The predicted octanol–water partition coefficient (Wildman–Crippen LogP) is 2.96. The van der Waals surface area contributed by atoms with Crippen LogP contribution in [0.3, 0.4) is 0 Å². The van der Waals surface area contributed by atoms with E-state index in [0.717, 1.165) is 0 Å². The molecule has 1 saturated heterocycles. The third-order valence-electron chi connectivity index (χ3n) is 3.03. The van der Waals surface area contributed by atoms with Gasteiger partial charge in [0.1, 0.15) is 6.04 Å². The van der Waals surface area contributed by atoms with Gasteiger partial charge in [-0.05, 0) is 11.6 Å². The standard InChI is InChI=1S/C12H14BrF3N2/c13-10-4-2-1-3-9(10)11(12(14,15)16)18-7-5-17-6-8-18/h1-4,11,17H,5-8H2/t11-/m1/s1. The van der Waals surface area contributed by atoms with Gasteiger partial charge >= 0.3 is 6.18 Å². The number of rotatable bonds is 2. The van der Waals surface area contributed by atoms with Gasteiger partial charge in [-0.1, -0.05) is 34.1 Å². The highest BCUT2D eigenvalue weighted by molar-refractivity contribution is 9.10. The number of hydrogen-bond donors (Lipinski definition) is 1. The van der Waals surface area contributed by atoms with Crippen molar-refractivity contribution in [1.29, 1.82) is 0 Å². The van der Waals surface area contributed by atoms with Crippen molar-refractivity contribution in [3.8, 4) is 0 Å². The summed E-state index contributed by atoms with van der Waals surface area (Å²) < 4.78 is 40.4. The average molecular weight is 323 g/mol. The third kappa shape index (κ3) is 3.05. The molecular formula is C12H14BrF3N2. The summed E-state index contributed by atoms with van der Waals surface area (Å²) in [7, 11) is 0. The maximum Gasteiger partial charge on any atom is 0.408 e. The van der Waals surface area contributed by atoms with Crippen molar-refractivity contribution in [3.05, 3.63) is 34.3 Å². The van der Waals surface area contributed by atoms with Crippen LogP contribution in [0.4, 0.5) is 13.2 Å². The van der Waals surface area contributed by atoms with Crippen LogP contribution in [0.25, 0.3) is 0 Å². The van der Waals surface area contributed by atoms with Gasteiger partial charge in [0.25, 0.3) is 0 Å². The first kappa shape index (κ1) is 13.8. The first-order chi connectivity index (χ1) is 8.50. The van der Waals surface area contributed by atoms with Crippen molar-refractivity contribution in [2.24, 2.45) is 0 Å². The second-order valence-electron chi connectivity index (χ2n) is 4.25. The summed E-state index contributed by atoms with van der Waals surface area (Å²) in [4.78, 5) is 1.48. The van der Waals surface area contributed by atoms with Crippen LogP contribution in [0.15, 0.2) is 28.7 Å². The van der Waals surface area contributed by atoms with Crippen molar-refractivity contribution >= 4 is 15.9 Å². The first-order valence-corrected chi connectivity index (χ1v) is 6.55.